The number of benzene rings is 2. The first-order valence-corrected chi connectivity index (χ1v) is 7.66. The van der Waals surface area contributed by atoms with Crippen molar-refractivity contribution in [3.05, 3.63) is 65.2 Å². The largest absolute Gasteiger partial charge is 0.416 e. The highest BCUT2D eigenvalue weighted by molar-refractivity contribution is 6.00. The molecule has 144 valence electrons. The number of halogens is 5. The Labute approximate surface area is 151 Å². The minimum absolute atomic E-state index is 0.123. The number of hydrogen-bond acceptors (Lipinski definition) is 2. The van der Waals surface area contributed by atoms with E-state index in [0.717, 1.165) is 37.3 Å². The van der Waals surface area contributed by atoms with E-state index < -0.39 is 40.7 Å². The summed E-state index contributed by atoms with van der Waals surface area (Å²) < 4.78 is 65.3. The zero-order chi connectivity index (χ0) is 20.4. The standard InChI is InChI=1S/C18H15F5N2O2/c1-10(26)25-17(2,11-4-3-5-12(8-11)18(21,22)23)16(27)24-13-6-7-14(19)15(20)9-13/h3-9H,1-2H3,(H,24,27)(H,25,26)/t17-/m0/s1. The normalized spacial score (nSPS) is 13.6. The molecule has 4 nitrogen and oxygen atoms in total. The molecule has 27 heavy (non-hydrogen) atoms. The lowest BCUT2D eigenvalue weighted by Crippen LogP contribution is -2.51. The molecule has 0 spiro atoms. The number of nitrogens with one attached hydrogen (secondary N) is 2. The van der Waals surface area contributed by atoms with Crippen molar-refractivity contribution in [3.8, 4) is 0 Å². The molecular formula is C18H15F5N2O2. The van der Waals surface area contributed by atoms with Gasteiger partial charge in [-0.2, -0.15) is 13.2 Å². The summed E-state index contributed by atoms with van der Waals surface area (Å²) >= 11 is 0. The van der Waals surface area contributed by atoms with Gasteiger partial charge in [-0.1, -0.05) is 12.1 Å². The number of anilines is 1. The highest BCUT2D eigenvalue weighted by Gasteiger charge is 2.39. The van der Waals surface area contributed by atoms with Crippen LogP contribution in [0.2, 0.25) is 0 Å². The van der Waals surface area contributed by atoms with Gasteiger partial charge < -0.3 is 10.6 Å². The predicted molar refractivity (Wildman–Crippen MR) is 87.6 cm³/mol. The topological polar surface area (TPSA) is 58.2 Å². The fraction of sp³-hybridized carbons (Fsp3) is 0.222. The second-order valence-electron chi connectivity index (χ2n) is 5.97. The van der Waals surface area contributed by atoms with Crippen LogP contribution >= 0.6 is 0 Å². The molecule has 2 N–H and O–H groups in total. The molecule has 2 aromatic rings. The summed E-state index contributed by atoms with van der Waals surface area (Å²) in [6.07, 6.45) is -4.65. The summed E-state index contributed by atoms with van der Waals surface area (Å²) in [7, 11) is 0. The molecule has 2 aromatic carbocycles. The number of carbonyl (C=O) groups is 2. The third kappa shape index (κ3) is 4.60. The summed E-state index contributed by atoms with van der Waals surface area (Å²) in [5.41, 5.74) is -3.15. The van der Waals surface area contributed by atoms with Gasteiger partial charge in [0, 0.05) is 18.7 Å². The van der Waals surface area contributed by atoms with Gasteiger partial charge in [0.2, 0.25) is 5.91 Å². The summed E-state index contributed by atoms with van der Waals surface area (Å²) in [5, 5.41) is 4.58. The zero-order valence-corrected chi connectivity index (χ0v) is 14.2. The van der Waals surface area contributed by atoms with Crippen LogP contribution in [0, 0.1) is 11.6 Å². The molecule has 1 atom stereocenters. The van der Waals surface area contributed by atoms with Crippen molar-refractivity contribution < 1.29 is 31.5 Å². The van der Waals surface area contributed by atoms with Crippen LogP contribution in [0.3, 0.4) is 0 Å². The van der Waals surface area contributed by atoms with Gasteiger partial charge in [0.25, 0.3) is 5.91 Å². The third-order valence-electron chi connectivity index (χ3n) is 3.82. The second kappa shape index (κ2) is 7.34. The lowest BCUT2D eigenvalue weighted by atomic mass is 9.89. The second-order valence-corrected chi connectivity index (χ2v) is 5.97. The Balaban J connectivity index is 2.44. The average Bonchev–Trinajstić information content (AvgIpc) is 2.57. The van der Waals surface area contributed by atoms with E-state index in [1.807, 2.05) is 0 Å². The Morgan fingerprint density at radius 2 is 1.56 bits per heavy atom. The Hall–Kier alpha value is -2.97. The van der Waals surface area contributed by atoms with E-state index in [1.165, 1.54) is 13.0 Å². The molecule has 0 aromatic heterocycles. The number of amides is 2. The maximum atomic E-state index is 13.3. The van der Waals surface area contributed by atoms with E-state index in [1.54, 1.807) is 0 Å². The molecule has 2 rings (SSSR count). The quantitative estimate of drug-likeness (QED) is 0.782. The monoisotopic (exact) mass is 386 g/mol. The van der Waals surface area contributed by atoms with Gasteiger partial charge in [-0.05, 0) is 36.8 Å². The average molecular weight is 386 g/mol. The SMILES string of the molecule is CC(=O)N[C@](C)(C(=O)Nc1ccc(F)c(F)c1)c1cccc(C(F)(F)F)c1. The molecule has 0 aliphatic heterocycles. The van der Waals surface area contributed by atoms with Crippen LogP contribution < -0.4 is 10.6 Å². The van der Waals surface area contributed by atoms with E-state index in [2.05, 4.69) is 10.6 Å². The fourth-order valence-corrected chi connectivity index (χ4v) is 2.45. The van der Waals surface area contributed by atoms with E-state index in [0.29, 0.717) is 6.07 Å². The molecule has 0 fully saturated rings. The Kier molecular flexibility index (Phi) is 5.53. The van der Waals surface area contributed by atoms with E-state index >= 15 is 0 Å². The maximum Gasteiger partial charge on any atom is 0.416 e. The van der Waals surface area contributed by atoms with Crippen molar-refractivity contribution in [2.24, 2.45) is 0 Å². The van der Waals surface area contributed by atoms with Crippen LogP contribution in [0.4, 0.5) is 27.6 Å². The molecule has 0 unspecified atom stereocenters. The molecule has 0 aliphatic carbocycles. The Morgan fingerprint density at radius 1 is 0.926 bits per heavy atom. The highest BCUT2D eigenvalue weighted by atomic mass is 19.4. The van der Waals surface area contributed by atoms with Crippen molar-refractivity contribution >= 4 is 17.5 Å². The van der Waals surface area contributed by atoms with Crippen molar-refractivity contribution in [2.45, 2.75) is 25.6 Å². The number of alkyl halides is 3. The smallest absolute Gasteiger partial charge is 0.339 e. The molecule has 0 heterocycles. The predicted octanol–water partition coefficient (Wildman–Crippen LogP) is 3.97. The minimum atomic E-state index is -4.65. The van der Waals surface area contributed by atoms with Crippen molar-refractivity contribution in [1.29, 1.82) is 0 Å². The van der Waals surface area contributed by atoms with Crippen LogP contribution in [0.25, 0.3) is 0 Å². The van der Waals surface area contributed by atoms with Crippen LogP contribution in [-0.4, -0.2) is 11.8 Å². The zero-order valence-electron chi connectivity index (χ0n) is 14.2. The van der Waals surface area contributed by atoms with Gasteiger partial charge in [-0.25, -0.2) is 8.78 Å². The van der Waals surface area contributed by atoms with E-state index in [9.17, 15) is 31.5 Å². The molecule has 0 saturated heterocycles. The van der Waals surface area contributed by atoms with E-state index in [-0.39, 0.29) is 11.3 Å². The summed E-state index contributed by atoms with van der Waals surface area (Å²) in [5.74, 6) is -3.94. The Morgan fingerprint density at radius 3 is 2.11 bits per heavy atom. The van der Waals surface area contributed by atoms with Gasteiger partial charge in [0.1, 0.15) is 5.54 Å². The lowest BCUT2D eigenvalue weighted by molar-refractivity contribution is -0.137. The van der Waals surface area contributed by atoms with Crippen LogP contribution in [0.1, 0.15) is 25.0 Å². The molecule has 0 radical (unpaired) electrons. The molecular weight excluding hydrogens is 371 g/mol. The summed E-state index contributed by atoms with van der Waals surface area (Å²) in [6.45, 7) is 2.30. The maximum absolute atomic E-state index is 13.3. The highest BCUT2D eigenvalue weighted by Crippen LogP contribution is 2.32. The number of hydrogen-bond donors (Lipinski definition) is 2. The molecule has 0 bridgehead atoms. The summed E-state index contributed by atoms with van der Waals surface area (Å²) in [6, 6.07) is 6.49. The first-order chi connectivity index (χ1) is 12.4. The van der Waals surface area contributed by atoms with Gasteiger partial charge in [0.15, 0.2) is 11.6 Å². The minimum Gasteiger partial charge on any atom is -0.339 e. The number of rotatable bonds is 4. The fourth-order valence-electron chi connectivity index (χ4n) is 2.45. The third-order valence-corrected chi connectivity index (χ3v) is 3.82. The van der Waals surface area contributed by atoms with Gasteiger partial charge >= 0.3 is 6.18 Å². The Bertz CT molecular complexity index is 882. The first-order valence-electron chi connectivity index (χ1n) is 7.66. The van der Waals surface area contributed by atoms with Crippen molar-refractivity contribution in [1.82, 2.24) is 5.32 Å². The van der Waals surface area contributed by atoms with Crippen LogP contribution in [-0.2, 0) is 21.3 Å². The van der Waals surface area contributed by atoms with E-state index in [4.69, 9.17) is 0 Å². The number of carbonyl (C=O) groups excluding carboxylic acids is 2. The summed E-state index contributed by atoms with van der Waals surface area (Å²) in [4.78, 5) is 24.3. The van der Waals surface area contributed by atoms with Gasteiger partial charge in [-0.15, -0.1) is 0 Å². The van der Waals surface area contributed by atoms with Crippen LogP contribution in [0.5, 0.6) is 0 Å². The first kappa shape index (κ1) is 20.3. The van der Waals surface area contributed by atoms with Crippen molar-refractivity contribution in [3.63, 3.8) is 0 Å². The van der Waals surface area contributed by atoms with Crippen molar-refractivity contribution in [2.75, 3.05) is 5.32 Å². The molecule has 0 saturated carbocycles. The van der Waals surface area contributed by atoms with Crippen LogP contribution in [0.15, 0.2) is 42.5 Å². The molecule has 0 aliphatic rings. The van der Waals surface area contributed by atoms with Gasteiger partial charge in [0.05, 0.1) is 5.56 Å². The molecule has 9 heteroatoms. The van der Waals surface area contributed by atoms with Gasteiger partial charge in [-0.3, -0.25) is 9.59 Å². The lowest BCUT2D eigenvalue weighted by Gasteiger charge is -2.30. The molecule has 2 amide bonds.